The van der Waals surface area contributed by atoms with Crippen molar-refractivity contribution in [2.24, 2.45) is 0 Å². The first-order chi connectivity index (χ1) is 12.7. The van der Waals surface area contributed by atoms with Gasteiger partial charge in [-0.15, -0.1) is 0 Å². The second-order valence-corrected chi connectivity index (χ2v) is 5.81. The van der Waals surface area contributed by atoms with Crippen LogP contribution in [0.1, 0.15) is 17.8 Å². The molecule has 0 aliphatic heterocycles. The van der Waals surface area contributed by atoms with Crippen LogP contribution in [0, 0.1) is 0 Å². The number of amides is 1. The van der Waals surface area contributed by atoms with Gasteiger partial charge in [0.25, 0.3) is 5.89 Å². The van der Waals surface area contributed by atoms with Crippen LogP contribution in [0.3, 0.4) is 0 Å². The maximum Gasteiger partial charge on any atom is 0.259 e. The van der Waals surface area contributed by atoms with Gasteiger partial charge in [0.05, 0.1) is 12.1 Å². The summed E-state index contributed by atoms with van der Waals surface area (Å²) in [6.07, 6.45) is 4.35. The van der Waals surface area contributed by atoms with E-state index in [1.807, 2.05) is 24.3 Å². The Hall–Kier alpha value is -3.22. The summed E-state index contributed by atoms with van der Waals surface area (Å²) in [7, 11) is 1.59. The number of hydrogen-bond donors (Lipinski definition) is 2. The van der Waals surface area contributed by atoms with Crippen LogP contribution in [0.25, 0.3) is 11.5 Å². The normalized spacial score (nSPS) is 10.5. The smallest absolute Gasteiger partial charge is 0.259 e. The molecule has 0 saturated heterocycles. The number of rotatable bonds is 8. The molecular weight excluding hydrogens is 330 g/mol. The molecule has 2 heterocycles. The van der Waals surface area contributed by atoms with Gasteiger partial charge in [-0.25, -0.2) is 4.98 Å². The zero-order valence-electron chi connectivity index (χ0n) is 14.6. The molecule has 0 bridgehead atoms. The van der Waals surface area contributed by atoms with Gasteiger partial charge in [-0.1, -0.05) is 35.5 Å². The first-order valence-electron chi connectivity index (χ1n) is 8.52. The third-order valence-electron chi connectivity index (χ3n) is 3.90. The fourth-order valence-corrected chi connectivity index (χ4v) is 2.45. The van der Waals surface area contributed by atoms with Gasteiger partial charge in [-0.05, 0) is 30.5 Å². The highest BCUT2D eigenvalue weighted by Gasteiger charge is 2.09. The first-order valence-corrected chi connectivity index (χ1v) is 8.52. The second-order valence-electron chi connectivity index (χ2n) is 5.81. The van der Waals surface area contributed by atoms with Crippen LogP contribution >= 0.6 is 0 Å². The van der Waals surface area contributed by atoms with E-state index in [-0.39, 0.29) is 12.5 Å². The molecule has 1 amide bonds. The quantitative estimate of drug-likeness (QED) is 0.648. The lowest BCUT2D eigenvalue weighted by molar-refractivity contribution is -0.118. The molecule has 7 nitrogen and oxygen atoms in total. The Morgan fingerprint density at radius 1 is 1.12 bits per heavy atom. The molecule has 3 rings (SSSR count). The molecule has 2 N–H and O–H groups in total. The van der Waals surface area contributed by atoms with Crippen LogP contribution < -0.4 is 10.6 Å². The number of nitrogens with one attached hydrogen (secondary N) is 2. The van der Waals surface area contributed by atoms with Crippen LogP contribution in [0.2, 0.25) is 0 Å². The number of hydrogen-bond acceptors (Lipinski definition) is 6. The van der Waals surface area contributed by atoms with E-state index in [9.17, 15) is 4.79 Å². The van der Waals surface area contributed by atoms with E-state index in [0.717, 1.165) is 24.8 Å². The van der Waals surface area contributed by atoms with Crippen molar-refractivity contribution in [1.29, 1.82) is 0 Å². The minimum Gasteiger partial charge on any atom is -0.361 e. The number of aryl methyl sites for hydroxylation is 2. The zero-order chi connectivity index (χ0) is 18.2. The monoisotopic (exact) mass is 351 g/mol. The van der Waals surface area contributed by atoms with Gasteiger partial charge in [0.1, 0.15) is 5.82 Å². The minimum absolute atomic E-state index is 0.104. The Labute approximate surface area is 151 Å². The Morgan fingerprint density at radius 3 is 2.69 bits per heavy atom. The van der Waals surface area contributed by atoms with Crippen LogP contribution in [0.5, 0.6) is 0 Å². The SMILES string of the molecule is CNC(=O)CNc1ccc(-c2nc(CCCc3ccccc3)no2)cn1. The van der Waals surface area contributed by atoms with E-state index in [0.29, 0.717) is 17.5 Å². The third kappa shape index (κ3) is 4.89. The number of anilines is 1. The summed E-state index contributed by atoms with van der Waals surface area (Å²) < 4.78 is 5.32. The average molecular weight is 351 g/mol. The summed E-state index contributed by atoms with van der Waals surface area (Å²) in [5, 5.41) is 9.51. The van der Waals surface area contributed by atoms with Crippen molar-refractivity contribution in [1.82, 2.24) is 20.4 Å². The lowest BCUT2D eigenvalue weighted by atomic mass is 10.1. The molecule has 1 aromatic carbocycles. The van der Waals surface area contributed by atoms with E-state index in [2.05, 4.69) is 37.9 Å². The first kappa shape index (κ1) is 17.6. The van der Waals surface area contributed by atoms with Gasteiger partial charge >= 0.3 is 0 Å². The predicted molar refractivity (Wildman–Crippen MR) is 98.6 cm³/mol. The van der Waals surface area contributed by atoms with Crippen molar-refractivity contribution in [3.8, 4) is 11.5 Å². The molecule has 0 aliphatic rings. The number of benzene rings is 1. The molecular formula is C19H21N5O2. The molecule has 26 heavy (non-hydrogen) atoms. The summed E-state index contributed by atoms with van der Waals surface area (Å²) in [5.74, 6) is 1.65. The van der Waals surface area contributed by atoms with E-state index in [4.69, 9.17) is 4.52 Å². The van der Waals surface area contributed by atoms with Crippen molar-refractivity contribution < 1.29 is 9.32 Å². The van der Waals surface area contributed by atoms with Gasteiger partial charge in [0.2, 0.25) is 5.91 Å². The number of carbonyl (C=O) groups is 1. The van der Waals surface area contributed by atoms with Gasteiger partial charge in [0, 0.05) is 19.7 Å². The molecule has 0 aliphatic carbocycles. The molecule has 0 fully saturated rings. The van der Waals surface area contributed by atoms with Crippen molar-refractivity contribution in [2.75, 3.05) is 18.9 Å². The third-order valence-corrected chi connectivity index (χ3v) is 3.90. The molecule has 0 spiro atoms. The van der Waals surface area contributed by atoms with E-state index in [1.54, 1.807) is 19.3 Å². The van der Waals surface area contributed by atoms with Crippen LogP contribution in [-0.4, -0.2) is 34.6 Å². The number of nitrogens with zero attached hydrogens (tertiary/aromatic N) is 3. The van der Waals surface area contributed by atoms with Crippen molar-refractivity contribution in [3.05, 3.63) is 60.0 Å². The van der Waals surface area contributed by atoms with Gasteiger partial charge in [-0.3, -0.25) is 4.79 Å². The van der Waals surface area contributed by atoms with Crippen LogP contribution in [0.15, 0.2) is 53.2 Å². The second kappa shape index (κ2) is 8.75. The van der Waals surface area contributed by atoms with Crippen molar-refractivity contribution >= 4 is 11.7 Å². The van der Waals surface area contributed by atoms with Crippen molar-refractivity contribution in [3.63, 3.8) is 0 Å². The molecule has 0 unspecified atom stereocenters. The fourth-order valence-electron chi connectivity index (χ4n) is 2.45. The molecule has 0 saturated carbocycles. The minimum atomic E-state index is -0.104. The number of pyridine rings is 1. The van der Waals surface area contributed by atoms with E-state index >= 15 is 0 Å². The Morgan fingerprint density at radius 2 is 1.96 bits per heavy atom. The van der Waals surface area contributed by atoms with Gasteiger partial charge in [-0.2, -0.15) is 4.98 Å². The molecule has 2 aromatic heterocycles. The molecule has 3 aromatic rings. The molecule has 134 valence electrons. The Bertz CT molecular complexity index is 831. The summed E-state index contributed by atoms with van der Waals surface area (Å²) in [6, 6.07) is 13.9. The predicted octanol–water partition coefficient (Wildman–Crippen LogP) is 2.46. The molecule has 0 radical (unpaired) electrons. The number of aromatic nitrogens is 3. The maximum atomic E-state index is 11.2. The van der Waals surface area contributed by atoms with Crippen LogP contribution in [0.4, 0.5) is 5.82 Å². The highest BCUT2D eigenvalue weighted by atomic mass is 16.5. The summed E-state index contributed by atoms with van der Waals surface area (Å²) in [6.45, 7) is 0.176. The summed E-state index contributed by atoms with van der Waals surface area (Å²) in [4.78, 5) is 19.9. The van der Waals surface area contributed by atoms with Crippen molar-refractivity contribution in [2.45, 2.75) is 19.3 Å². The maximum absolute atomic E-state index is 11.2. The van der Waals surface area contributed by atoms with Gasteiger partial charge < -0.3 is 15.2 Å². The fraction of sp³-hybridized carbons (Fsp3) is 0.263. The topological polar surface area (TPSA) is 92.9 Å². The summed E-state index contributed by atoms with van der Waals surface area (Å²) >= 11 is 0. The summed E-state index contributed by atoms with van der Waals surface area (Å²) in [5.41, 5.74) is 2.05. The lowest BCUT2D eigenvalue weighted by Gasteiger charge is -2.04. The highest BCUT2D eigenvalue weighted by molar-refractivity contribution is 5.80. The van der Waals surface area contributed by atoms with E-state index < -0.39 is 0 Å². The molecule has 7 heteroatoms. The van der Waals surface area contributed by atoms with Gasteiger partial charge in [0.15, 0.2) is 5.82 Å². The lowest BCUT2D eigenvalue weighted by Crippen LogP contribution is -2.26. The zero-order valence-corrected chi connectivity index (χ0v) is 14.6. The van der Waals surface area contributed by atoms with Crippen LogP contribution in [-0.2, 0) is 17.6 Å². The number of carbonyl (C=O) groups excluding carboxylic acids is 1. The average Bonchev–Trinajstić information content (AvgIpc) is 3.16. The largest absolute Gasteiger partial charge is 0.361 e. The molecule has 0 atom stereocenters. The Balaban J connectivity index is 1.53. The standard InChI is InChI=1S/C19H21N5O2/c1-20-18(25)13-22-16-11-10-15(12-21-16)19-23-17(24-26-19)9-5-8-14-6-3-2-4-7-14/h2-4,6-7,10-12H,5,8-9,13H2,1H3,(H,20,25)(H,21,22). The highest BCUT2D eigenvalue weighted by Crippen LogP contribution is 2.18. The number of likely N-dealkylation sites (N-methyl/N-ethyl adjacent to an activating group) is 1. The Kier molecular flexibility index (Phi) is 5.92. The van der Waals surface area contributed by atoms with E-state index in [1.165, 1.54) is 5.56 Å².